The molecule has 0 aliphatic carbocycles. The normalized spacial score (nSPS) is 13.9. The van der Waals surface area contributed by atoms with E-state index in [1.165, 1.54) is 250 Å². The zero-order valence-corrected chi connectivity index (χ0v) is 68.0. The number of esters is 4. The fraction of sp³-hybridized carbons (Fsp3) is 0.951. The molecule has 0 aromatic carbocycles. The highest BCUT2D eigenvalue weighted by Gasteiger charge is 2.30. The molecule has 0 heterocycles. The molecule has 0 aliphatic heterocycles. The van der Waals surface area contributed by atoms with Crippen LogP contribution in [0, 0.1) is 11.8 Å². The number of phosphoric acid groups is 2. The van der Waals surface area contributed by atoms with Crippen LogP contribution in [0.3, 0.4) is 0 Å². The van der Waals surface area contributed by atoms with Crippen molar-refractivity contribution < 1.29 is 80.2 Å². The Kier molecular flexibility index (Phi) is 72.2. The molecule has 3 N–H and O–H groups in total. The van der Waals surface area contributed by atoms with Gasteiger partial charge in [0, 0.05) is 25.7 Å². The van der Waals surface area contributed by atoms with Gasteiger partial charge in [-0.3, -0.25) is 37.3 Å². The van der Waals surface area contributed by atoms with E-state index >= 15 is 0 Å². The predicted octanol–water partition coefficient (Wildman–Crippen LogP) is 24.7. The summed E-state index contributed by atoms with van der Waals surface area (Å²) >= 11 is 0. The van der Waals surface area contributed by atoms with Gasteiger partial charge in [0.05, 0.1) is 26.4 Å². The molecule has 0 spiro atoms. The third-order valence-electron chi connectivity index (χ3n) is 19.2. The number of carbonyl (C=O) groups is 4. The van der Waals surface area contributed by atoms with Crippen molar-refractivity contribution in [2.75, 3.05) is 39.6 Å². The number of unbranched alkanes of at least 4 members (excludes halogenated alkanes) is 51. The standard InChI is InChI=1S/C82H160O17P2/c1-7-9-11-13-15-17-19-21-23-25-27-29-31-33-42-48-54-60-66-81(86)98-77(70-92-79(84)64-58-52-46-40-32-30-28-26-24-22-20-18-16-14-12-10-8-2)72-96-100(88,89)94-68-76(83)69-95-101(90,91)97-73-78(99-82(87)67-61-55-49-43-37-35-39-45-51-57-63-75(5)6)71-93-80(85)65-59-53-47-41-36-34-38-44-50-56-62-74(3)4/h74-78,83H,7-73H2,1-6H3,(H,88,89)(H,90,91)/t76-,77-,78-/m1/s1. The van der Waals surface area contributed by atoms with Crippen molar-refractivity contribution in [3.63, 3.8) is 0 Å². The van der Waals surface area contributed by atoms with Crippen molar-refractivity contribution in [1.82, 2.24) is 0 Å². The van der Waals surface area contributed by atoms with Crippen molar-refractivity contribution in [3.8, 4) is 0 Å². The summed E-state index contributed by atoms with van der Waals surface area (Å²) in [6.45, 7) is 9.63. The van der Waals surface area contributed by atoms with Gasteiger partial charge in [-0.15, -0.1) is 0 Å². The van der Waals surface area contributed by atoms with Crippen molar-refractivity contribution in [3.05, 3.63) is 0 Å². The number of carbonyl (C=O) groups excluding carboxylic acids is 4. The maximum absolute atomic E-state index is 13.1. The first kappa shape index (κ1) is 99.1. The van der Waals surface area contributed by atoms with Gasteiger partial charge in [0.15, 0.2) is 12.2 Å². The highest BCUT2D eigenvalue weighted by molar-refractivity contribution is 7.47. The van der Waals surface area contributed by atoms with Crippen LogP contribution in [-0.4, -0.2) is 96.7 Å². The lowest BCUT2D eigenvalue weighted by atomic mass is 10.0. The Bertz CT molecular complexity index is 1940. The Morgan fingerprint density at radius 1 is 0.267 bits per heavy atom. The molecular weight excluding hydrogens is 1320 g/mol. The van der Waals surface area contributed by atoms with Crippen LogP contribution >= 0.6 is 15.6 Å². The van der Waals surface area contributed by atoms with E-state index in [1.54, 1.807) is 0 Å². The maximum Gasteiger partial charge on any atom is 0.472 e. The quantitative estimate of drug-likeness (QED) is 0.0222. The van der Waals surface area contributed by atoms with Gasteiger partial charge < -0.3 is 33.8 Å². The average Bonchev–Trinajstić information content (AvgIpc) is 0.942. The molecular formula is C82H160O17P2. The molecule has 0 aromatic rings. The highest BCUT2D eigenvalue weighted by atomic mass is 31.2. The van der Waals surface area contributed by atoms with Crippen molar-refractivity contribution in [1.29, 1.82) is 0 Å². The predicted molar refractivity (Wildman–Crippen MR) is 414 cm³/mol. The number of aliphatic hydroxyl groups excluding tert-OH is 1. The number of rotatable bonds is 81. The average molecular weight is 1480 g/mol. The molecule has 5 atom stereocenters. The number of aliphatic hydroxyl groups is 1. The van der Waals surface area contributed by atoms with Crippen LogP contribution in [-0.2, 0) is 65.4 Å². The number of hydrogen-bond acceptors (Lipinski definition) is 15. The lowest BCUT2D eigenvalue weighted by Gasteiger charge is -2.21. The lowest BCUT2D eigenvalue weighted by Crippen LogP contribution is -2.30. The van der Waals surface area contributed by atoms with Gasteiger partial charge in [0.1, 0.15) is 19.3 Å². The van der Waals surface area contributed by atoms with Crippen LogP contribution in [0.5, 0.6) is 0 Å². The molecule has 0 radical (unpaired) electrons. The zero-order chi connectivity index (χ0) is 74.2. The fourth-order valence-electron chi connectivity index (χ4n) is 12.7. The molecule has 0 bridgehead atoms. The van der Waals surface area contributed by atoms with E-state index in [9.17, 15) is 43.2 Å². The Morgan fingerprint density at radius 3 is 0.673 bits per heavy atom. The minimum Gasteiger partial charge on any atom is -0.462 e. The van der Waals surface area contributed by atoms with Crippen LogP contribution in [0.2, 0.25) is 0 Å². The van der Waals surface area contributed by atoms with Crippen LogP contribution < -0.4 is 0 Å². The molecule has 19 heteroatoms. The third-order valence-corrected chi connectivity index (χ3v) is 21.1. The first-order valence-electron chi connectivity index (χ1n) is 42.5. The van der Waals surface area contributed by atoms with Gasteiger partial charge in [0.2, 0.25) is 0 Å². The van der Waals surface area contributed by atoms with E-state index in [4.69, 9.17) is 37.0 Å². The second-order valence-electron chi connectivity index (χ2n) is 30.5. The van der Waals surface area contributed by atoms with Crippen LogP contribution in [0.25, 0.3) is 0 Å². The SMILES string of the molecule is CCCCCCCCCCCCCCCCCCCCC(=O)O[C@H](COC(=O)CCCCCCCCCCCCCCCCCCC)COP(=O)(O)OC[C@@H](O)COP(=O)(O)OC[C@@H](COC(=O)CCCCCCCCCCCCC(C)C)OC(=O)CCCCCCCCCCCCC(C)C. The summed E-state index contributed by atoms with van der Waals surface area (Å²) < 4.78 is 68.8. The minimum atomic E-state index is -4.96. The third kappa shape index (κ3) is 76.1. The first-order chi connectivity index (χ1) is 48.9. The molecule has 0 saturated heterocycles. The topological polar surface area (TPSA) is 237 Å². The fourth-order valence-corrected chi connectivity index (χ4v) is 14.3. The molecule has 2 unspecified atom stereocenters. The summed E-state index contributed by atoms with van der Waals surface area (Å²) in [5.74, 6) is -0.596. The summed E-state index contributed by atoms with van der Waals surface area (Å²) in [6.07, 6.45) is 63.8. The number of ether oxygens (including phenoxy) is 4. The molecule has 17 nitrogen and oxygen atoms in total. The molecule has 0 rings (SSSR count). The van der Waals surface area contributed by atoms with Gasteiger partial charge in [-0.25, -0.2) is 9.13 Å². The number of hydrogen-bond donors (Lipinski definition) is 3. The second-order valence-corrected chi connectivity index (χ2v) is 33.4. The smallest absolute Gasteiger partial charge is 0.462 e. The highest BCUT2D eigenvalue weighted by Crippen LogP contribution is 2.45. The van der Waals surface area contributed by atoms with Crippen molar-refractivity contribution >= 4 is 39.5 Å². The first-order valence-corrected chi connectivity index (χ1v) is 45.5. The Hall–Kier alpha value is -1.94. The largest absolute Gasteiger partial charge is 0.472 e. The molecule has 0 saturated carbocycles. The summed E-state index contributed by atoms with van der Waals surface area (Å²) in [6, 6.07) is 0. The van der Waals surface area contributed by atoms with Crippen LogP contribution in [0.4, 0.5) is 0 Å². The van der Waals surface area contributed by atoms with E-state index in [1.807, 2.05) is 0 Å². The summed E-state index contributed by atoms with van der Waals surface area (Å²) in [5, 5.41) is 10.7. The second kappa shape index (κ2) is 73.6. The van der Waals surface area contributed by atoms with Gasteiger partial charge in [-0.2, -0.15) is 0 Å². The lowest BCUT2D eigenvalue weighted by molar-refractivity contribution is -0.161. The van der Waals surface area contributed by atoms with E-state index in [-0.39, 0.29) is 25.7 Å². The molecule has 101 heavy (non-hydrogen) atoms. The van der Waals surface area contributed by atoms with Crippen molar-refractivity contribution in [2.24, 2.45) is 11.8 Å². The molecule has 0 fully saturated rings. The Balaban J connectivity index is 5.26. The monoisotopic (exact) mass is 1480 g/mol. The van der Waals surface area contributed by atoms with Crippen molar-refractivity contribution in [2.45, 2.75) is 452 Å². The molecule has 600 valence electrons. The van der Waals surface area contributed by atoms with E-state index in [0.717, 1.165) is 102 Å². The van der Waals surface area contributed by atoms with Crippen LogP contribution in [0.1, 0.15) is 433 Å². The van der Waals surface area contributed by atoms with Gasteiger partial charge in [0.25, 0.3) is 0 Å². The summed E-state index contributed by atoms with van der Waals surface area (Å²) in [7, 11) is -9.92. The van der Waals surface area contributed by atoms with Crippen LogP contribution in [0.15, 0.2) is 0 Å². The molecule has 0 aromatic heterocycles. The Labute approximate surface area is 619 Å². The summed E-state index contributed by atoms with van der Waals surface area (Å²) in [4.78, 5) is 73.1. The molecule has 0 aliphatic rings. The van der Waals surface area contributed by atoms with E-state index in [2.05, 4.69) is 41.5 Å². The summed E-state index contributed by atoms with van der Waals surface area (Å²) in [5.41, 5.74) is 0. The molecule has 0 amide bonds. The number of phosphoric ester groups is 2. The Morgan fingerprint density at radius 2 is 0.455 bits per heavy atom. The zero-order valence-electron chi connectivity index (χ0n) is 66.2. The van der Waals surface area contributed by atoms with Gasteiger partial charge in [-0.1, -0.05) is 382 Å². The maximum atomic E-state index is 13.1. The van der Waals surface area contributed by atoms with Gasteiger partial charge in [-0.05, 0) is 37.5 Å². The van der Waals surface area contributed by atoms with E-state index < -0.39 is 97.5 Å². The van der Waals surface area contributed by atoms with Gasteiger partial charge >= 0.3 is 39.5 Å². The van der Waals surface area contributed by atoms with E-state index in [0.29, 0.717) is 25.7 Å². The minimum absolute atomic E-state index is 0.106.